The Labute approximate surface area is 145 Å². The van der Waals surface area contributed by atoms with Gasteiger partial charge in [-0.25, -0.2) is 9.97 Å². The third kappa shape index (κ3) is 3.69. The molecule has 0 unspecified atom stereocenters. The molecule has 0 bridgehead atoms. The molecule has 0 aliphatic heterocycles. The molecule has 24 heavy (non-hydrogen) atoms. The smallest absolute Gasteiger partial charge is 0.247 e. The van der Waals surface area contributed by atoms with Crippen LogP contribution in [0.2, 0.25) is 0 Å². The molecule has 9 heteroatoms. The number of aromatic amines is 2. The van der Waals surface area contributed by atoms with E-state index in [2.05, 4.69) is 46.1 Å². The van der Waals surface area contributed by atoms with Crippen LogP contribution in [-0.2, 0) is 0 Å². The molecule has 2 aromatic heterocycles. The van der Waals surface area contributed by atoms with Gasteiger partial charge in [-0.3, -0.25) is 0 Å². The Kier molecular flexibility index (Phi) is 4.71. The molecule has 0 atom stereocenters. The first-order valence-electron chi connectivity index (χ1n) is 6.87. The minimum atomic E-state index is 0.0649. The highest BCUT2D eigenvalue weighted by Gasteiger charge is 2.07. The predicted octanol–water partition coefficient (Wildman–Crippen LogP) is 4.20. The normalized spacial score (nSPS) is 11.6. The number of phenols is 1. The summed E-state index contributed by atoms with van der Waals surface area (Å²) in [5, 5.41) is 17.7. The van der Waals surface area contributed by atoms with E-state index < -0.39 is 0 Å². The number of methoxy groups -OCH3 is 1. The number of benzene rings is 1. The summed E-state index contributed by atoms with van der Waals surface area (Å²) in [6, 6.07) is 3.50. The Balaban J connectivity index is 1.75. The third-order valence-corrected chi connectivity index (χ3v) is 3.63. The van der Waals surface area contributed by atoms with E-state index in [9.17, 15) is 5.11 Å². The van der Waals surface area contributed by atoms with Crippen molar-refractivity contribution in [3.63, 3.8) is 0 Å². The highest BCUT2D eigenvalue weighted by molar-refractivity contribution is 9.10. The van der Waals surface area contributed by atoms with E-state index in [-0.39, 0.29) is 5.75 Å². The highest BCUT2D eigenvalue weighted by Crippen LogP contribution is 2.35. The number of rotatable bonds is 5. The second kappa shape index (κ2) is 7.09. The van der Waals surface area contributed by atoms with Gasteiger partial charge in [-0.15, -0.1) is 10.2 Å². The molecule has 0 aliphatic rings. The predicted molar refractivity (Wildman–Crippen MR) is 92.6 cm³/mol. The number of H-pyrrole nitrogens is 2. The quantitative estimate of drug-likeness (QED) is 0.568. The Morgan fingerprint density at radius 3 is 2.79 bits per heavy atom. The molecule has 122 valence electrons. The van der Waals surface area contributed by atoms with Crippen LogP contribution < -0.4 is 4.74 Å². The first kappa shape index (κ1) is 15.9. The topological polar surface area (TPSA) is 112 Å². The van der Waals surface area contributed by atoms with Crippen molar-refractivity contribution in [1.82, 2.24) is 19.9 Å². The number of aromatic nitrogens is 4. The summed E-state index contributed by atoms with van der Waals surface area (Å²) < 4.78 is 5.67. The maximum atomic E-state index is 9.80. The molecule has 3 N–H and O–H groups in total. The lowest BCUT2D eigenvalue weighted by atomic mass is 10.2. The number of phenolic OH excluding ortho intramolecular Hbond substituents is 1. The van der Waals surface area contributed by atoms with Crippen LogP contribution in [0.4, 0.5) is 11.9 Å². The molecule has 0 saturated carbocycles. The van der Waals surface area contributed by atoms with E-state index in [0.717, 1.165) is 5.56 Å². The van der Waals surface area contributed by atoms with Crippen LogP contribution in [0.15, 0.2) is 45.4 Å². The minimum Gasteiger partial charge on any atom is -0.503 e. The molecule has 0 aliphatic carbocycles. The Morgan fingerprint density at radius 1 is 1.21 bits per heavy atom. The van der Waals surface area contributed by atoms with Crippen LogP contribution in [-0.4, -0.2) is 32.2 Å². The van der Waals surface area contributed by atoms with E-state index in [1.54, 1.807) is 36.8 Å². The number of ether oxygens (including phenoxy) is 1. The molecule has 0 amide bonds. The van der Waals surface area contributed by atoms with Crippen LogP contribution in [0.1, 0.15) is 11.3 Å². The van der Waals surface area contributed by atoms with Gasteiger partial charge in [0, 0.05) is 18.6 Å². The van der Waals surface area contributed by atoms with Crippen molar-refractivity contribution in [2.24, 2.45) is 10.2 Å². The molecule has 3 rings (SSSR count). The number of nitrogens with zero attached hydrogens (tertiary/aromatic N) is 4. The summed E-state index contributed by atoms with van der Waals surface area (Å²) in [4.78, 5) is 13.9. The lowest BCUT2D eigenvalue weighted by Gasteiger charge is -2.06. The zero-order chi connectivity index (χ0) is 16.9. The zero-order valence-corrected chi connectivity index (χ0v) is 14.1. The molecule has 1 aromatic carbocycles. The Bertz CT molecular complexity index is 886. The van der Waals surface area contributed by atoms with E-state index >= 15 is 0 Å². The molecular formula is C15H13BrN6O2. The maximum absolute atomic E-state index is 9.80. The van der Waals surface area contributed by atoms with Crippen LogP contribution in [0.5, 0.6) is 11.5 Å². The summed E-state index contributed by atoms with van der Waals surface area (Å²) in [6.45, 7) is 0. The monoisotopic (exact) mass is 388 g/mol. The average molecular weight is 389 g/mol. The molecule has 8 nitrogen and oxygen atoms in total. The number of imidazole rings is 2. The second-order valence-corrected chi connectivity index (χ2v) is 5.50. The summed E-state index contributed by atoms with van der Waals surface area (Å²) in [5.74, 6) is 1.23. The fourth-order valence-corrected chi connectivity index (χ4v) is 2.36. The van der Waals surface area contributed by atoms with Gasteiger partial charge in [-0.1, -0.05) is 6.08 Å². The maximum Gasteiger partial charge on any atom is 0.247 e. The van der Waals surface area contributed by atoms with Gasteiger partial charge < -0.3 is 19.8 Å². The molecule has 0 saturated heterocycles. The van der Waals surface area contributed by atoms with Crippen molar-refractivity contribution >= 4 is 40.0 Å². The lowest BCUT2D eigenvalue weighted by molar-refractivity contribution is 0.372. The van der Waals surface area contributed by atoms with Gasteiger partial charge in [0.05, 0.1) is 17.3 Å². The van der Waals surface area contributed by atoms with E-state index in [1.807, 2.05) is 6.08 Å². The average Bonchev–Trinajstić information content (AvgIpc) is 3.25. The van der Waals surface area contributed by atoms with Gasteiger partial charge in [-0.05, 0) is 39.7 Å². The summed E-state index contributed by atoms with van der Waals surface area (Å²) in [6.07, 6.45) is 8.61. The molecule has 0 spiro atoms. The van der Waals surface area contributed by atoms with Gasteiger partial charge in [0.1, 0.15) is 0 Å². The first-order valence-corrected chi connectivity index (χ1v) is 7.66. The van der Waals surface area contributed by atoms with Crippen LogP contribution >= 0.6 is 15.9 Å². The van der Waals surface area contributed by atoms with Gasteiger partial charge >= 0.3 is 0 Å². The van der Waals surface area contributed by atoms with Crippen LogP contribution in [0.3, 0.4) is 0 Å². The number of hydrogen-bond donors (Lipinski definition) is 3. The number of halogens is 1. The summed E-state index contributed by atoms with van der Waals surface area (Å²) >= 11 is 3.29. The Hall–Kier alpha value is -2.94. The van der Waals surface area contributed by atoms with Crippen LogP contribution in [0, 0.1) is 0 Å². The van der Waals surface area contributed by atoms with Gasteiger partial charge in [0.15, 0.2) is 11.5 Å². The molecule has 3 aromatic rings. The number of hydrogen-bond acceptors (Lipinski definition) is 6. The van der Waals surface area contributed by atoms with Gasteiger partial charge in [0.25, 0.3) is 0 Å². The fourth-order valence-electron chi connectivity index (χ4n) is 1.90. The van der Waals surface area contributed by atoms with Gasteiger partial charge in [-0.2, -0.15) is 0 Å². The molecule has 0 radical (unpaired) electrons. The number of azo groups is 1. The van der Waals surface area contributed by atoms with Crippen LogP contribution in [0.25, 0.3) is 12.2 Å². The number of nitrogens with one attached hydrogen (secondary N) is 2. The van der Waals surface area contributed by atoms with E-state index in [1.165, 1.54) is 7.11 Å². The fraction of sp³-hybridized carbons (Fsp3) is 0.0667. The number of aromatic hydroxyl groups is 1. The third-order valence-electron chi connectivity index (χ3n) is 3.02. The first-order chi connectivity index (χ1) is 11.7. The Morgan fingerprint density at radius 2 is 2.04 bits per heavy atom. The van der Waals surface area contributed by atoms with Crippen molar-refractivity contribution in [2.75, 3.05) is 7.11 Å². The van der Waals surface area contributed by atoms with Crippen molar-refractivity contribution in [3.05, 3.63) is 46.5 Å². The highest BCUT2D eigenvalue weighted by atomic mass is 79.9. The van der Waals surface area contributed by atoms with Crippen molar-refractivity contribution in [2.45, 2.75) is 0 Å². The lowest BCUT2D eigenvalue weighted by Crippen LogP contribution is -1.85. The molecule has 0 fully saturated rings. The van der Waals surface area contributed by atoms with E-state index in [4.69, 9.17) is 4.74 Å². The molecule has 2 heterocycles. The van der Waals surface area contributed by atoms with E-state index in [0.29, 0.717) is 27.8 Å². The summed E-state index contributed by atoms with van der Waals surface area (Å²) in [5.41, 5.74) is 1.53. The van der Waals surface area contributed by atoms with Gasteiger partial charge in [0.2, 0.25) is 11.9 Å². The van der Waals surface area contributed by atoms with Crippen molar-refractivity contribution in [3.8, 4) is 11.5 Å². The van der Waals surface area contributed by atoms with Crippen molar-refractivity contribution < 1.29 is 9.84 Å². The largest absolute Gasteiger partial charge is 0.503 e. The molecular weight excluding hydrogens is 376 g/mol. The zero-order valence-electron chi connectivity index (χ0n) is 12.6. The standard InChI is InChI=1S/C15H13BrN6O2/c1-24-12-7-9(6-11(16)13(12)23)2-3-10-8-19-15(20-10)22-21-14-17-4-5-18-14/h2-8,23H,1H3,(H,17,18)(H,19,20)/b3-2+,22-21+. The van der Waals surface area contributed by atoms with Crippen molar-refractivity contribution in [1.29, 1.82) is 0 Å². The minimum absolute atomic E-state index is 0.0649. The second-order valence-electron chi connectivity index (χ2n) is 4.65. The summed E-state index contributed by atoms with van der Waals surface area (Å²) in [7, 11) is 1.50. The SMILES string of the molecule is COc1cc(/C=C/c2c[nH]c(/N=N/c3ncc[nH]3)n2)cc(Br)c1O.